The van der Waals surface area contributed by atoms with Gasteiger partial charge in [0.25, 0.3) is 0 Å². The number of hydrogen-bond donors (Lipinski definition) is 1. The quantitative estimate of drug-likeness (QED) is 0.757. The van der Waals surface area contributed by atoms with Crippen molar-refractivity contribution >= 4 is 5.78 Å². The fourth-order valence-electron chi connectivity index (χ4n) is 3.46. The first-order valence-electron chi connectivity index (χ1n) is 6.41. The molecule has 0 aromatic carbocycles. The molecule has 2 rings (SSSR count). The molecule has 1 N–H and O–H groups in total. The average Bonchev–Trinajstić information content (AvgIpc) is 2.79. The molecule has 2 saturated carbocycles. The Morgan fingerprint density at radius 2 is 2.20 bits per heavy atom. The molecule has 0 saturated heterocycles. The number of carbonyl (C=O) groups excluding carboxylic acids is 1. The maximum Gasteiger partial charge on any atom is 0.161 e. The van der Waals surface area contributed by atoms with Gasteiger partial charge in [-0.25, -0.2) is 0 Å². The van der Waals surface area contributed by atoms with Crippen molar-refractivity contribution in [2.45, 2.75) is 58.0 Å². The zero-order chi connectivity index (χ0) is 10.8. The van der Waals surface area contributed by atoms with Crippen molar-refractivity contribution in [3.05, 3.63) is 0 Å². The predicted molar refractivity (Wildman–Crippen MR) is 59.5 cm³/mol. The molecule has 0 heterocycles. The molecule has 0 radical (unpaired) electrons. The van der Waals surface area contributed by atoms with Crippen LogP contribution in [0.1, 0.15) is 51.9 Å². The van der Waals surface area contributed by atoms with Gasteiger partial charge in [0.05, 0.1) is 0 Å². The van der Waals surface area contributed by atoms with Gasteiger partial charge in [-0.3, -0.25) is 4.79 Å². The van der Waals surface area contributed by atoms with Crippen LogP contribution in [-0.4, -0.2) is 17.0 Å². The van der Waals surface area contributed by atoms with Gasteiger partial charge in [0.15, 0.2) is 5.78 Å². The molecule has 2 aliphatic rings. The normalized spacial score (nSPS) is 35.7. The summed E-state index contributed by atoms with van der Waals surface area (Å²) in [6.07, 6.45) is 6.79. The number of hydrogen-bond acceptors (Lipinski definition) is 2. The van der Waals surface area contributed by atoms with Crippen molar-refractivity contribution in [2.75, 3.05) is 0 Å². The molecule has 0 aromatic heterocycles. The number of aliphatic hydroxyl groups is 1. The van der Waals surface area contributed by atoms with Crippen molar-refractivity contribution in [3.8, 4) is 0 Å². The molecule has 4 atom stereocenters. The van der Waals surface area contributed by atoms with Gasteiger partial charge in [-0.2, -0.15) is 0 Å². The van der Waals surface area contributed by atoms with Crippen LogP contribution in [0.5, 0.6) is 0 Å². The highest BCUT2D eigenvalue weighted by Crippen LogP contribution is 2.49. The first kappa shape index (κ1) is 11.1. The number of ketones is 1. The van der Waals surface area contributed by atoms with Crippen molar-refractivity contribution in [3.63, 3.8) is 0 Å². The van der Waals surface area contributed by atoms with E-state index >= 15 is 0 Å². The Morgan fingerprint density at radius 3 is 2.73 bits per heavy atom. The second kappa shape index (κ2) is 4.65. The van der Waals surface area contributed by atoms with Crippen LogP contribution < -0.4 is 0 Å². The number of carbonyl (C=O) groups is 1. The molecule has 0 spiro atoms. The van der Waals surface area contributed by atoms with E-state index in [0.717, 1.165) is 18.3 Å². The average molecular weight is 210 g/mol. The van der Waals surface area contributed by atoms with E-state index in [9.17, 15) is 9.90 Å². The van der Waals surface area contributed by atoms with Gasteiger partial charge in [-0.05, 0) is 43.4 Å². The van der Waals surface area contributed by atoms with E-state index in [0.29, 0.717) is 18.8 Å². The molecule has 2 heteroatoms. The minimum Gasteiger partial charge on any atom is -0.385 e. The molecule has 2 aliphatic carbocycles. The third-order valence-electron chi connectivity index (χ3n) is 4.28. The smallest absolute Gasteiger partial charge is 0.161 e. The largest absolute Gasteiger partial charge is 0.385 e. The van der Waals surface area contributed by atoms with Gasteiger partial charge in [0.2, 0.25) is 0 Å². The van der Waals surface area contributed by atoms with Gasteiger partial charge in [0, 0.05) is 6.42 Å². The van der Waals surface area contributed by atoms with Gasteiger partial charge in [-0.1, -0.05) is 19.8 Å². The van der Waals surface area contributed by atoms with E-state index in [1.54, 1.807) is 0 Å². The standard InChI is InChI=1S/C13H22O2/c1-2-3-12(14)13(15)8-11-7-9-4-5-10(11)6-9/h9-12,14H,2-8H2,1H3. The van der Waals surface area contributed by atoms with Gasteiger partial charge in [-0.15, -0.1) is 0 Å². The summed E-state index contributed by atoms with van der Waals surface area (Å²) in [7, 11) is 0. The number of Topliss-reactive ketones (excluding diaryl/α,β-unsaturated/α-hetero) is 1. The Bertz CT molecular complexity index is 237. The van der Waals surface area contributed by atoms with Crippen LogP contribution in [0.25, 0.3) is 0 Å². The van der Waals surface area contributed by atoms with E-state index in [2.05, 4.69) is 0 Å². The first-order valence-corrected chi connectivity index (χ1v) is 6.41. The molecule has 0 amide bonds. The van der Waals surface area contributed by atoms with Crippen LogP contribution in [0.4, 0.5) is 0 Å². The zero-order valence-corrected chi connectivity index (χ0v) is 9.61. The molecule has 0 aromatic rings. The van der Waals surface area contributed by atoms with Crippen LogP contribution in [0, 0.1) is 17.8 Å². The lowest BCUT2D eigenvalue weighted by Gasteiger charge is -2.21. The lowest BCUT2D eigenvalue weighted by Crippen LogP contribution is -2.24. The van der Waals surface area contributed by atoms with Crippen molar-refractivity contribution in [1.29, 1.82) is 0 Å². The Kier molecular flexibility index (Phi) is 3.45. The summed E-state index contributed by atoms with van der Waals surface area (Å²) < 4.78 is 0. The topological polar surface area (TPSA) is 37.3 Å². The molecule has 2 bridgehead atoms. The molecule has 4 unspecified atom stereocenters. The third kappa shape index (κ3) is 2.41. The number of rotatable bonds is 5. The number of aliphatic hydroxyl groups excluding tert-OH is 1. The highest BCUT2D eigenvalue weighted by molar-refractivity contribution is 5.83. The van der Waals surface area contributed by atoms with Crippen LogP contribution >= 0.6 is 0 Å². The van der Waals surface area contributed by atoms with Crippen LogP contribution in [0.2, 0.25) is 0 Å². The SMILES string of the molecule is CCCC(O)C(=O)CC1CC2CCC1C2. The minimum absolute atomic E-state index is 0.0920. The molecule has 2 fully saturated rings. The number of fused-ring (bicyclic) bond motifs is 2. The Labute approximate surface area is 92.1 Å². The fraction of sp³-hybridized carbons (Fsp3) is 0.923. The Balaban J connectivity index is 1.79. The molecule has 0 aliphatic heterocycles. The highest BCUT2D eigenvalue weighted by Gasteiger charge is 2.40. The lowest BCUT2D eigenvalue weighted by molar-refractivity contribution is -0.128. The van der Waals surface area contributed by atoms with Crippen LogP contribution in [0.15, 0.2) is 0 Å². The summed E-state index contributed by atoms with van der Waals surface area (Å²) in [5.74, 6) is 2.39. The summed E-state index contributed by atoms with van der Waals surface area (Å²) in [5, 5.41) is 9.60. The predicted octanol–water partition coefficient (Wildman–Crippen LogP) is 2.54. The maximum absolute atomic E-state index is 11.7. The molecule has 86 valence electrons. The van der Waals surface area contributed by atoms with E-state index in [4.69, 9.17) is 0 Å². The molecule has 2 nitrogen and oxygen atoms in total. The summed E-state index contributed by atoms with van der Waals surface area (Å²) in [5.41, 5.74) is 0. The Hall–Kier alpha value is -0.370. The minimum atomic E-state index is -0.686. The van der Waals surface area contributed by atoms with Crippen LogP contribution in [0.3, 0.4) is 0 Å². The third-order valence-corrected chi connectivity index (χ3v) is 4.28. The molecular formula is C13H22O2. The fourth-order valence-corrected chi connectivity index (χ4v) is 3.46. The zero-order valence-electron chi connectivity index (χ0n) is 9.61. The monoisotopic (exact) mass is 210 g/mol. The summed E-state index contributed by atoms with van der Waals surface area (Å²) in [4.78, 5) is 11.7. The highest BCUT2D eigenvalue weighted by atomic mass is 16.3. The van der Waals surface area contributed by atoms with E-state index in [1.165, 1.54) is 25.7 Å². The summed E-state index contributed by atoms with van der Waals surface area (Å²) in [6, 6.07) is 0. The second-order valence-corrected chi connectivity index (χ2v) is 5.41. The van der Waals surface area contributed by atoms with E-state index < -0.39 is 6.10 Å². The molecular weight excluding hydrogens is 188 g/mol. The van der Waals surface area contributed by atoms with E-state index in [1.807, 2.05) is 6.92 Å². The summed E-state index contributed by atoms with van der Waals surface area (Å²) >= 11 is 0. The van der Waals surface area contributed by atoms with Crippen molar-refractivity contribution < 1.29 is 9.90 Å². The van der Waals surface area contributed by atoms with Crippen molar-refractivity contribution in [1.82, 2.24) is 0 Å². The van der Waals surface area contributed by atoms with Crippen molar-refractivity contribution in [2.24, 2.45) is 17.8 Å². The van der Waals surface area contributed by atoms with Gasteiger partial charge < -0.3 is 5.11 Å². The maximum atomic E-state index is 11.7. The van der Waals surface area contributed by atoms with Gasteiger partial charge >= 0.3 is 0 Å². The van der Waals surface area contributed by atoms with Crippen LogP contribution in [-0.2, 0) is 4.79 Å². The lowest BCUT2D eigenvalue weighted by atomic mass is 9.84. The second-order valence-electron chi connectivity index (χ2n) is 5.41. The molecule has 15 heavy (non-hydrogen) atoms. The first-order chi connectivity index (χ1) is 7.20. The summed E-state index contributed by atoms with van der Waals surface area (Å²) in [6.45, 7) is 2.01. The van der Waals surface area contributed by atoms with Gasteiger partial charge in [0.1, 0.15) is 6.10 Å². The Morgan fingerprint density at radius 1 is 1.40 bits per heavy atom. The van der Waals surface area contributed by atoms with E-state index in [-0.39, 0.29) is 5.78 Å².